The molecule has 0 N–H and O–H groups in total. The van der Waals surface area contributed by atoms with Gasteiger partial charge in [0.1, 0.15) is 0 Å². The maximum atomic E-state index is 12.7. The molecule has 1 aromatic heterocycles. The van der Waals surface area contributed by atoms with Gasteiger partial charge in [-0.3, -0.25) is 14.2 Å². The molecule has 1 aromatic carbocycles. The van der Waals surface area contributed by atoms with Gasteiger partial charge in [-0.2, -0.15) is 0 Å². The number of carbonyl (C=O) groups is 1. The number of fused-ring (bicyclic) bond motifs is 1. The Kier molecular flexibility index (Phi) is 5.44. The number of nitrogens with zero attached hydrogens (tertiary/aromatic N) is 4. The van der Waals surface area contributed by atoms with E-state index in [1.165, 1.54) is 16.3 Å². The van der Waals surface area contributed by atoms with Gasteiger partial charge in [-0.25, -0.2) is 4.98 Å². The highest BCUT2D eigenvalue weighted by atomic mass is 32.2. The number of carbonyl (C=O) groups excluding carboxylic acids is 1. The normalized spacial score (nSPS) is 17.0. The van der Waals surface area contributed by atoms with Gasteiger partial charge in [0.05, 0.1) is 16.2 Å². The van der Waals surface area contributed by atoms with E-state index < -0.39 is 0 Å². The van der Waals surface area contributed by atoms with Crippen LogP contribution in [0.3, 0.4) is 0 Å². The van der Waals surface area contributed by atoms with Crippen LogP contribution < -0.4 is 5.56 Å². The molecule has 0 radical (unpaired) electrons. The summed E-state index contributed by atoms with van der Waals surface area (Å²) in [5.74, 6) is 0.114. The standard InChI is InChI=1S/C18H24N4O2S/c1-4-21-9-11-22(12-10-21)16(23)13(2)25-18-19-15-8-6-5-7-14(15)17(24)20(18)3/h5-8,13H,4,9-12H2,1-3H3. The molecular weight excluding hydrogens is 336 g/mol. The van der Waals surface area contributed by atoms with Crippen molar-refractivity contribution in [3.63, 3.8) is 0 Å². The van der Waals surface area contributed by atoms with Crippen LogP contribution in [0.5, 0.6) is 0 Å². The first-order valence-electron chi connectivity index (χ1n) is 8.64. The number of para-hydroxylation sites is 1. The van der Waals surface area contributed by atoms with Gasteiger partial charge in [-0.15, -0.1) is 0 Å². The lowest BCUT2D eigenvalue weighted by molar-refractivity contribution is -0.132. The van der Waals surface area contributed by atoms with E-state index in [-0.39, 0.29) is 16.7 Å². The van der Waals surface area contributed by atoms with Gasteiger partial charge < -0.3 is 9.80 Å². The molecule has 0 spiro atoms. The molecule has 25 heavy (non-hydrogen) atoms. The summed E-state index contributed by atoms with van der Waals surface area (Å²) < 4.78 is 1.53. The van der Waals surface area contributed by atoms with Crippen molar-refractivity contribution >= 4 is 28.6 Å². The van der Waals surface area contributed by atoms with Crippen molar-refractivity contribution in [2.24, 2.45) is 7.05 Å². The Morgan fingerprint density at radius 2 is 1.92 bits per heavy atom. The smallest absolute Gasteiger partial charge is 0.261 e. The van der Waals surface area contributed by atoms with E-state index in [1.54, 1.807) is 13.1 Å². The zero-order valence-corrected chi connectivity index (χ0v) is 15.8. The largest absolute Gasteiger partial charge is 0.339 e. The summed E-state index contributed by atoms with van der Waals surface area (Å²) in [4.78, 5) is 34.0. The second-order valence-electron chi connectivity index (χ2n) is 6.30. The number of likely N-dealkylation sites (N-methyl/N-ethyl adjacent to an activating group) is 1. The first-order chi connectivity index (χ1) is 12.0. The quantitative estimate of drug-likeness (QED) is 0.612. The molecule has 0 bridgehead atoms. The zero-order chi connectivity index (χ0) is 18.0. The van der Waals surface area contributed by atoms with Gasteiger partial charge in [-0.1, -0.05) is 30.8 Å². The fourth-order valence-corrected chi connectivity index (χ4v) is 4.01. The molecule has 7 heteroatoms. The van der Waals surface area contributed by atoms with Crippen LogP contribution in [0.15, 0.2) is 34.2 Å². The lowest BCUT2D eigenvalue weighted by atomic mass is 10.2. The fourth-order valence-electron chi connectivity index (χ4n) is 3.05. The Balaban J connectivity index is 1.76. The lowest BCUT2D eigenvalue weighted by Gasteiger charge is -2.35. The van der Waals surface area contributed by atoms with Crippen molar-refractivity contribution < 1.29 is 4.79 Å². The molecule has 2 heterocycles. The molecule has 1 saturated heterocycles. The predicted octanol–water partition coefficient (Wildman–Crippen LogP) is 1.58. The summed E-state index contributed by atoms with van der Waals surface area (Å²) in [6.45, 7) is 8.43. The lowest BCUT2D eigenvalue weighted by Crippen LogP contribution is -2.50. The molecule has 1 unspecified atom stereocenters. The topological polar surface area (TPSA) is 58.4 Å². The van der Waals surface area contributed by atoms with E-state index in [0.717, 1.165) is 32.7 Å². The number of amides is 1. The first-order valence-corrected chi connectivity index (χ1v) is 9.52. The first kappa shape index (κ1) is 17.9. The van der Waals surface area contributed by atoms with Gasteiger partial charge in [0.25, 0.3) is 5.56 Å². The number of hydrogen-bond donors (Lipinski definition) is 0. The number of hydrogen-bond acceptors (Lipinski definition) is 5. The third-order valence-corrected chi connectivity index (χ3v) is 5.83. The van der Waals surface area contributed by atoms with Gasteiger partial charge in [0.2, 0.25) is 5.91 Å². The van der Waals surface area contributed by atoms with Crippen LogP contribution in [0, 0.1) is 0 Å². The monoisotopic (exact) mass is 360 g/mol. The van der Waals surface area contributed by atoms with Crippen molar-refractivity contribution in [3.8, 4) is 0 Å². The molecule has 1 fully saturated rings. The van der Waals surface area contributed by atoms with E-state index in [2.05, 4.69) is 16.8 Å². The Morgan fingerprint density at radius 3 is 2.60 bits per heavy atom. The maximum Gasteiger partial charge on any atom is 0.261 e. The Bertz CT molecular complexity index is 827. The van der Waals surface area contributed by atoms with Gasteiger partial charge in [0.15, 0.2) is 5.16 Å². The highest BCUT2D eigenvalue weighted by Crippen LogP contribution is 2.23. The predicted molar refractivity (Wildman–Crippen MR) is 101 cm³/mol. The molecule has 6 nitrogen and oxygen atoms in total. The van der Waals surface area contributed by atoms with Crippen molar-refractivity contribution in [2.45, 2.75) is 24.3 Å². The van der Waals surface area contributed by atoms with E-state index in [4.69, 9.17) is 0 Å². The minimum atomic E-state index is -0.271. The van der Waals surface area contributed by atoms with Crippen LogP contribution in [0.25, 0.3) is 10.9 Å². The number of piperazine rings is 1. The summed E-state index contributed by atoms with van der Waals surface area (Å²) in [5, 5.41) is 0.910. The minimum absolute atomic E-state index is 0.0793. The Labute approximate surface area is 151 Å². The SMILES string of the molecule is CCN1CCN(C(=O)C(C)Sc2nc3ccccc3c(=O)n2C)CC1. The molecule has 3 rings (SSSR count). The van der Waals surface area contributed by atoms with Crippen LogP contribution in [0.2, 0.25) is 0 Å². The number of thioether (sulfide) groups is 1. The van der Waals surface area contributed by atoms with Crippen LogP contribution in [0.1, 0.15) is 13.8 Å². The molecule has 0 aliphatic carbocycles. The van der Waals surface area contributed by atoms with Crippen LogP contribution in [0.4, 0.5) is 0 Å². The molecule has 2 aromatic rings. The fraction of sp³-hybridized carbons (Fsp3) is 0.500. The van der Waals surface area contributed by atoms with Gasteiger partial charge >= 0.3 is 0 Å². The Morgan fingerprint density at radius 1 is 1.24 bits per heavy atom. The second kappa shape index (κ2) is 7.58. The summed E-state index contributed by atoms with van der Waals surface area (Å²) in [5.41, 5.74) is 0.591. The van der Waals surface area contributed by atoms with Crippen molar-refractivity contribution in [3.05, 3.63) is 34.6 Å². The number of rotatable bonds is 4. The molecule has 1 aliphatic rings. The molecule has 134 valence electrons. The third kappa shape index (κ3) is 3.72. The van der Waals surface area contributed by atoms with Crippen molar-refractivity contribution in [1.82, 2.24) is 19.4 Å². The molecule has 1 amide bonds. The maximum absolute atomic E-state index is 12.7. The zero-order valence-electron chi connectivity index (χ0n) is 14.9. The highest BCUT2D eigenvalue weighted by molar-refractivity contribution is 8.00. The van der Waals surface area contributed by atoms with E-state index in [0.29, 0.717) is 16.1 Å². The summed E-state index contributed by atoms with van der Waals surface area (Å²) in [7, 11) is 1.71. The Hall–Kier alpha value is -1.86. The molecule has 0 saturated carbocycles. The van der Waals surface area contributed by atoms with Crippen LogP contribution >= 0.6 is 11.8 Å². The summed E-state index contributed by atoms with van der Waals surface area (Å²) in [6.07, 6.45) is 0. The third-order valence-electron chi connectivity index (χ3n) is 4.70. The molecular formula is C18H24N4O2S. The van der Waals surface area contributed by atoms with Gasteiger partial charge in [-0.05, 0) is 25.6 Å². The van der Waals surface area contributed by atoms with E-state index >= 15 is 0 Å². The number of benzene rings is 1. The van der Waals surface area contributed by atoms with Crippen molar-refractivity contribution in [1.29, 1.82) is 0 Å². The average molecular weight is 360 g/mol. The minimum Gasteiger partial charge on any atom is -0.339 e. The highest BCUT2D eigenvalue weighted by Gasteiger charge is 2.26. The van der Waals surface area contributed by atoms with Crippen LogP contribution in [-0.2, 0) is 11.8 Å². The van der Waals surface area contributed by atoms with E-state index in [1.807, 2.05) is 30.0 Å². The second-order valence-corrected chi connectivity index (χ2v) is 7.60. The molecule has 1 aliphatic heterocycles. The van der Waals surface area contributed by atoms with Gasteiger partial charge in [0, 0.05) is 33.2 Å². The van der Waals surface area contributed by atoms with Crippen molar-refractivity contribution in [2.75, 3.05) is 32.7 Å². The molecule has 1 atom stereocenters. The number of aromatic nitrogens is 2. The average Bonchev–Trinajstić information content (AvgIpc) is 2.65. The van der Waals surface area contributed by atoms with Crippen LogP contribution in [-0.4, -0.2) is 63.2 Å². The summed E-state index contributed by atoms with van der Waals surface area (Å²) in [6, 6.07) is 7.31. The summed E-state index contributed by atoms with van der Waals surface area (Å²) >= 11 is 1.35. The van der Waals surface area contributed by atoms with E-state index in [9.17, 15) is 9.59 Å².